The number of benzene rings is 1. The maximum absolute atomic E-state index is 8.99. The van der Waals surface area contributed by atoms with E-state index in [0.29, 0.717) is 5.92 Å². The van der Waals surface area contributed by atoms with Gasteiger partial charge in [-0.1, -0.05) is 25.1 Å². The van der Waals surface area contributed by atoms with E-state index in [2.05, 4.69) is 29.2 Å². The third-order valence-corrected chi connectivity index (χ3v) is 2.57. The Morgan fingerprint density at radius 1 is 1.33 bits per heavy atom. The Labute approximate surface area is 89.6 Å². The van der Waals surface area contributed by atoms with Crippen molar-refractivity contribution in [2.24, 2.45) is 5.92 Å². The number of nitrogens with zero attached hydrogens (tertiary/aromatic N) is 1. The van der Waals surface area contributed by atoms with Gasteiger partial charge in [-0.15, -0.1) is 0 Å². The van der Waals surface area contributed by atoms with Gasteiger partial charge in [-0.05, 0) is 30.0 Å². The van der Waals surface area contributed by atoms with Crippen molar-refractivity contribution < 1.29 is 5.11 Å². The summed E-state index contributed by atoms with van der Waals surface area (Å²) < 4.78 is 0. The van der Waals surface area contributed by atoms with Crippen LogP contribution in [0.15, 0.2) is 36.5 Å². The van der Waals surface area contributed by atoms with Crippen LogP contribution < -0.4 is 0 Å². The molecule has 0 aliphatic heterocycles. The van der Waals surface area contributed by atoms with E-state index in [-0.39, 0.29) is 6.61 Å². The average molecular weight is 201 g/mol. The lowest BCUT2D eigenvalue weighted by molar-refractivity contribution is 0.237. The molecule has 2 rings (SSSR count). The molecule has 0 saturated heterocycles. The summed E-state index contributed by atoms with van der Waals surface area (Å²) in [6, 6.07) is 10.3. The van der Waals surface area contributed by atoms with Crippen molar-refractivity contribution in [2.75, 3.05) is 6.61 Å². The second kappa shape index (κ2) is 4.41. The monoisotopic (exact) mass is 201 g/mol. The Morgan fingerprint density at radius 2 is 2.20 bits per heavy atom. The molecule has 0 fully saturated rings. The zero-order valence-corrected chi connectivity index (χ0v) is 8.85. The highest BCUT2D eigenvalue weighted by Crippen LogP contribution is 2.15. The van der Waals surface area contributed by atoms with Crippen LogP contribution in [0.25, 0.3) is 10.9 Å². The molecule has 1 aromatic heterocycles. The van der Waals surface area contributed by atoms with E-state index < -0.39 is 0 Å². The molecule has 0 spiro atoms. The molecule has 2 heteroatoms. The van der Waals surface area contributed by atoms with E-state index in [1.807, 2.05) is 19.2 Å². The summed E-state index contributed by atoms with van der Waals surface area (Å²) in [5.41, 5.74) is 2.27. The normalized spacial score (nSPS) is 12.9. The lowest BCUT2D eigenvalue weighted by Gasteiger charge is -2.08. The molecule has 78 valence electrons. The topological polar surface area (TPSA) is 33.1 Å². The minimum absolute atomic E-state index is 0.236. The first-order chi connectivity index (χ1) is 7.29. The molecule has 2 aromatic rings. The predicted octanol–water partition coefficient (Wildman–Crippen LogP) is 2.41. The van der Waals surface area contributed by atoms with E-state index in [1.165, 1.54) is 5.56 Å². The zero-order chi connectivity index (χ0) is 10.7. The molecule has 1 aromatic carbocycles. The van der Waals surface area contributed by atoms with Crippen LogP contribution in [0.2, 0.25) is 0 Å². The quantitative estimate of drug-likeness (QED) is 0.827. The predicted molar refractivity (Wildman–Crippen MR) is 61.7 cm³/mol. The van der Waals surface area contributed by atoms with Gasteiger partial charge >= 0.3 is 0 Å². The number of hydrogen-bond acceptors (Lipinski definition) is 2. The van der Waals surface area contributed by atoms with Crippen LogP contribution in [0.4, 0.5) is 0 Å². The second-order valence-corrected chi connectivity index (χ2v) is 4.02. The molecule has 0 saturated carbocycles. The number of aromatic nitrogens is 1. The molecule has 0 bridgehead atoms. The van der Waals surface area contributed by atoms with Gasteiger partial charge in [0.05, 0.1) is 5.52 Å². The standard InChI is InChI=1S/C13H15NO/c1-10(9-15)7-11-4-5-12-3-2-6-14-13(12)8-11/h2-6,8,10,15H,7,9H2,1H3/t10-/m0/s1. The third-order valence-electron chi connectivity index (χ3n) is 2.57. The van der Waals surface area contributed by atoms with Gasteiger partial charge in [0.2, 0.25) is 0 Å². The third kappa shape index (κ3) is 2.34. The maximum atomic E-state index is 8.99. The number of aliphatic hydroxyl groups is 1. The highest BCUT2D eigenvalue weighted by atomic mass is 16.3. The average Bonchev–Trinajstić information content (AvgIpc) is 2.29. The van der Waals surface area contributed by atoms with E-state index in [4.69, 9.17) is 5.11 Å². The van der Waals surface area contributed by atoms with Gasteiger partial charge in [-0.3, -0.25) is 4.98 Å². The van der Waals surface area contributed by atoms with Gasteiger partial charge in [0.15, 0.2) is 0 Å². The SMILES string of the molecule is C[C@H](CO)Cc1ccc2cccnc2c1. The summed E-state index contributed by atoms with van der Waals surface area (Å²) in [5.74, 6) is 0.311. The zero-order valence-electron chi connectivity index (χ0n) is 8.85. The first kappa shape index (κ1) is 10.1. The smallest absolute Gasteiger partial charge is 0.0704 e. The summed E-state index contributed by atoms with van der Waals surface area (Å²) in [4.78, 5) is 4.31. The molecule has 0 aliphatic rings. The molecule has 2 nitrogen and oxygen atoms in total. The minimum Gasteiger partial charge on any atom is -0.396 e. The van der Waals surface area contributed by atoms with Crippen LogP contribution in [0.5, 0.6) is 0 Å². The molecular weight excluding hydrogens is 186 g/mol. The maximum Gasteiger partial charge on any atom is 0.0704 e. The van der Waals surface area contributed by atoms with Crippen molar-refractivity contribution in [3.63, 3.8) is 0 Å². The van der Waals surface area contributed by atoms with Gasteiger partial charge in [-0.2, -0.15) is 0 Å². The van der Waals surface area contributed by atoms with Gasteiger partial charge in [-0.25, -0.2) is 0 Å². The van der Waals surface area contributed by atoms with Gasteiger partial charge < -0.3 is 5.11 Å². The lowest BCUT2D eigenvalue weighted by atomic mass is 10.0. The molecule has 0 amide bonds. The lowest BCUT2D eigenvalue weighted by Crippen LogP contribution is -2.04. The molecule has 1 heterocycles. The number of pyridine rings is 1. The van der Waals surface area contributed by atoms with Crippen LogP contribution in [0.1, 0.15) is 12.5 Å². The highest BCUT2D eigenvalue weighted by molar-refractivity contribution is 5.78. The van der Waals surface area contributed by atoms with Crippen molar-refractivity contribution in [1.29, 1.82) is 0 Å². The minimum atomic E-state index is 0.236. The van der Waals surface area contributed by atoms with Crippen LogP contribution in [0.3, 0.4) is 0 Å². The van der Waals surface area contributed by atoms with E-state index >= 15 is 0 Å². The van der Waals surface area contributed by atoms with Gasteiger partial charge in [0, 0.05) is 18.2 Å². The summed E-state index contributed by atoms with van der Waals surface area (Å²) in [7, 11) is 0. The summed E-state index contributed by atoms with van der Waals surface area (Å²) >= 11 is 0. The Balaban J connectivity index is 2.30. The van der Waals surface area contributed by atoms with Crippen molar-refractivity contribution in [2.45, 2.75) is 13.3 Å². The molecular formula is C13H15NO. The molecule has 0 unspecified atom stereocenters. The molecule has 15 heavy (non-hydrogen) atoms. The largest absolute Gasteiger partial charge is 0.396 e. The second-order valence-electron chi connectivity index (χ2n) is 4.02. The van der Waals surface area contributed by atoms with Crippen LogP contribution in [-0.4, -0.2) is 16.7 Å². The highest BCUT2D eigenvalue weighted by Gasteiger charge is 2.02. The Bertz CT molecular complexity index is 453. The summed E-state index contributed by atoms with van der Waals surface area (Å²) in [6.45, 7) is 2.28. The van der Waals surface area contributed by atoms with Crippen molar-refractivity contribution in [3.8, 4) is 0 Å². The number of aliphatic hydroxyl groups excluding tert-OH is 1. The fourth-order valence-corrected chi connectivity index (χ4v) is 1.71. The summed E-state index contributed by atoms with van der Waals surface area (Å²) in [6.07, 6.45) is 2.71. The molecule has 1 N–H and O–H groups in total. The van der Waals surface area contributed by atoms with E-state index in [1.54, 1.807) is 0 Å². The van der Waals surface area contributed by atoms with Crippen molar-refractivity contribution >= 4 is 10.9 Å². The van der Waals surface area contributed by atoms with Gasteiger partial charge in [0.25, 0.3) is 0 Å². The van der Waals surface area contributed by atoms with E-state index in [0.717, 1.165) is 17.3 Å². The fraction of sp³-hybridized carbons (Fsp3) is 0.308. The number of hydrogen-bond donors (Lipinski definition) is 1. The fourth-order valence-electron chi connectivity index (χ4n) is 1.71. The van der Waals surface area contributed by atoms with Crippen LogP contribution in [0, 0.1) is 5.92 Å². The Hall–Kier alpha value is -1.41. The number of fused-ring (bicyclic) bond motifs is 1. The Morgan fingerprint density at radius 3 is 3.00 bits per heavy atom. The first-order valence-corrected chi connectivity index (χ1v) is 5.24. The van der Waals surface area contributed by atoms with Crippen molar-refractivity contribution in [1.82, 2.24) is 4.98 Å². The summed E-state index contributed by atoms with van der Waals surface area (Å²) in [5, 5.41) is 10.2. The van der Waals surface area contributed by atoms with E-state index in [9.17, 15) is 0 Å². The molecule has 0 aliphatic carbocycles. The van der Waals surface area contributed by atoms with Crippen LogP contribution in [-0.2, 0) is 6.42 Å². The number of rotatable bonds is 3. The van der Waals surface area contributed by atoms with Gasteiger partial charge in [0.1, 0.15) is 0 Å². The van der Waals surface area contributed by atoms with Crippen molar-refractivity contribution in [3.05, 3.63) is 42.1 Å². The molecule has 0 radical (unpaired) electrons. The van der Waals surface area contributed by atoms with Crippen LogP contribution >= 0.6 is 0 Å². The molecule has 1 atom stereocenters. The first-order valence-electron chi connectivity index (χ1n) is 5.24. The Kier molecular flexibility index (Phi) is 2.97.